The molecule has 0 radical (unpaired) electrons. The average Bonchev–Trinajstić information content (AvgIpc) is 2.50. The summed E-state index contributed by atoms with van der Waals surface area (Å²) in [4.78, 5) is 22.2. The smallest absolute Gasteiger partial charge is 0.397 e. The van der Waals surface area contributed by atoms with Crippen molar-refractivity contribution in [1.82, 2.24) is 5.16 Å². The maximum atomic E-state index is 11.2. The largest absolute Gasteiger partial charge is 0.459 e. The van der Waals surface area contributed by atoms with E-state index in [2.05, 4.69) is 15.2 Å². The van der Waals surface area contributed by atoms with Gasteiger partial charge in [0.15, 0.2) is 0 Å². The highest BCUT2D eigenvalue weighted by Gasteiger charge is 2.18. The van der Waals surface area contributed by atoms with Crippen molar-refractivity contribution in [2.75, 3.05) is 11.9 Å². The Morgan fingerprint density at radius 2 is 2.13 bits per heavy atom. The Morgan fingerprint density at radius 3 is 2.60 bits per heavy atom. The number of nitrogens with one attached hydrogen (secondary N) is 1. The van der Waals surface area contributed by atoms with E-state index in [1.807, 2.05) is 0 Å². The second kappa shape index (κ2) is 4.59. The molecule has 0 saturated heterocycles. The maximum Gasteiger partial charge on any atom is 0.397 e. The Bertz CT molecular complexity index is 383. The van der Waals surface area contributed by atoms with Gasteiger partial charge in [-0.1, -0.05) is 5.16 Å². The summed E-state index contributed by atoms with van der Waals surface area (Å²) in [5, 5.41) is 5.91. The number of carbonyl (C=O) groups excluding carboxylic acids is 2. The van der Waals surface area contributed by atoms with Gasteiger partial charge in [0.2, 0.25) is 5.88 Å². The van der Waals surface area contributed by atoms with Gasteiger partial charge in [0.05, 0.1) is 12.3 Å². The van der Waals surface area contributed by atoms with E-state index in [4.69, 9.17) is 4.52 Å². The lowest BCUT2D eigenvalue weighted by atomic mass is 10.3. The molecule has 6 nitrogen and oxygen atoms in total. The zero-order valence-corrected chi connectivity index (χ0v) is 8.79. The summed E-state index contributed by atoms with van der Waals surface area (Å²) >= 11 is 0. The number of amides is 1. The number of aromatic nitrogens is 1. The summed E-state index contributed by atoms with van der Waals surface area (Å²) in [5.41, 5.74) is 1.35. The molecule has 0 aliphatic heterocycles. The van der Waals surface area contributed by atoms with E-state index in [0.29, 0.717) is 11.3 Å². The number of aryl methyl sites for hydroxylation is 1. The lowest BCUT2D eigenvalue weighted by Crippen LogP contribution is -2.25. The minimum Gasteiger partial charge on any atom is -0.459 e. The summed E-state index contributed by atoms with van der Waals surface area (Å²) in [7, 11) is 0. The van der Waals surface area contributed by atoms with Crippen LogP contribution in [-0.2, 0) is 14.3 Å². The van der Waals surface area contributed by atoms with Crippen LogP contribution in [0.15, 0.2) is 4.52 Å². The second-order valence-corrected chi connectivity index (χ2v) is 2.90. The van der Waals surface area contributed by atoms with Crippen LogP contribution in [0.1, 0.15) is 18.2 Å². The standard InChI is InChI=1S/C9H12N2O4/c1-4-14-9(13)7(12)10-8-5(2)6(3)11-15-8/h4H2,1-3H3,(H,10,12). The van der Waals surface area contributed by atoms with Gasteiger partial charge in [0.1, 0.15) is 0 Å². The molecule has 0 aliphatic carbocycles. The molecule has 1 heterocycles. The molecule has 0 aromatic carbocycles. The number of ether oxygens (including phenoxy) is 1. The van der Waals surface area contributed by atoms with Crippen LogP contribution in [0, 0.1) is 13.8 Å². The minimum absolute atomic E-state index is 0.153. The normalized spacial score (nSPS) is 9.80. The van der Waals surface area contributed by atoms with Crippen molar-refractivity contribution in [2.24, 2.45) is 0 Å². The summed E-state index contributed by atoms with van der Waals surface area (Å²) < 4.78 is 9.31. The molecular weight excluding hydrogens is 200 g/mol. The van der Waals surface area contributed by atoms with Gasteiger partial charge in [-0.3, -0.25) is 10.1 Å². The first-order valence-corrected chi connectivity index (χ1v) is 4.47. The summed E-state index contributed by atoms with van der Waals surface area (Å²) in [6.07, 6.45) is 0. The highest BCUT2D eigenvalue weighted by molar-refractivity contribution is 6.37. The fraction of sp³-hybridized carbons (Fsp3) is 0.444. The summed E-state index contributed by atoms with van der Waals surface area (Å²) in [6.45, 7) is 5.24. The number of anilines is 1. The second-order valence-electron chi connectivity index (χ2n) is 2.90. The van der Waals surface area contributed by atoms with Gasteiger partial charge in [-0.25, -0.2) is 4.79 Å². The van der Waals surface area contributed by atoms with Crippen LogP contribution in [0.25, 0.3) is 0 Å². The van der Waals surface area contributed by atoms with Gasteiger partial charge in [-0.2, -0.15) is 0 Å². The SMILES string of the molecule is CCOC(=O)C(=O)Nc1onc(C)c1C. The average molecular weight is 212 g/mol. The molecule has 1 aromatic heterocycles. The molecular formula is C9H12N2O4. The van der Waals surface area contributed by atoms with E-state index in [1.54, 1.807) is 20.8 Å². The summed E-state index contributed by atoms with van der Waals surface area (Å²) in [6, 6.07) is 0. The van der Waals surface area contributed by atoms with Gasteiger partial charge in [0.25, 0.3) is 0 Å². The van der Waals surface area contributed by atoms with E-state index in [-0.39, 0.29) is 12.5 Å². The highest BCUT2D eigenvalue weighted by atomic mass is 16.5. The van der Waals surface area contributed by atoms with Gasteiger partial charge in [0, 0.05) is 5.56 Å². The molecule has 1 amide bonds. The van der Waals surface area contributed by atoms with Crippen LogP contribution in [0.4, 0.5) is 5.88 Å². The van der Waals surface area contributed by atoms with Crippen molar-refractivity contribution >= 4 is 17.8 Å². The molecule has 6 heteroatoms. The predicted octanol–water partition coefficient (Wildman–Crippen LogP) is 0.793. The number of nitrogens with zero attached hydrogens (tertiary/aromatic N) is 1. The first-order chi connectivity index (χ1) is 7.06. The number of hydrogen-bond acceptors (Lipinski definition) is 5. The maximum absolute atomic E-state index is 11.2. The molecule has 0 bridgehead atoms. The van der Waals surface area contributed by atoms with E-state index in [9.17, 15) is 9.59 Å². The Kier molecular flexibility index (Phi) is 3.43. The van der Waals surface area contributed by atoms with Gasteiger partial charge < -0.3 is 9.26 Å². The molecule has 0 spiro atoms. The van der Waals surface area contributed by atoms with E-state index >= 15 is 0 Å². The Morgan fingerprint density at radius 1 is 1.47 bits per heavy atom. The molecule has 15 heavy (non-hydrogen) atoms. The Labute approximate surface area is 86.6 Å². The number of rotatable bonds is 2. The quantitative estimate of drug-likeness (QED) is 0.579. The Hall–Kier alpha value is -1.85. The van der Waals surface area contributed by atoms with Gasteiger partial charge >= 0.3 is 11.9 Å². The zero-order chi connectivity index (χ0) is 11.4. The first-order valence-electron chi connectivity index (χ1n) is 4.47. The molecule has 1 N–H and O–H groups in total. The molecule has 1 aromatic rings. The summed E-state index contributed by atoms with van der Waals surface area (Å²) in [5.74, 6) is -1.63. The van der Waals surface area contributed by atoms with E-state index < -0.39 is 11.9 Å². The van der Waals surface area contributed by atoms with Crippen molar-refractivity contribution in [3.05, 3.63) is 11.3 Å². The first kappa shape index (κ1) is 11.2. The predicted molar refractivity (Wildman–Crippen MR) is 51.2 cm³/mol. The van der Waals surface area contributed by atoms with Crippen molar-refractivity contribution in [1.29, 1.82) is 0 Å². The fourth-order valence-electron chi connectivity index (χ4n) is 0.883. The van der Waals surface area contributed by atoms with Crippen molar-refractivity contribution < 1.29 is 18.8 Å². The van der Waals surface area contributed by atoms with Crippen LogP contribution in [0.5, 0.6) is 0 Å². The minimum atomic E-state index is -0.939. The van der Waals surface area contributed by atoms with Gasteiger partial charge in [-0.15, -0.1) is 0 Å². The van der Waals surface area contributed by atoms with Crippen molar-refractivity contribution in [3.63, 3.8) is 0 Å². The van der Waals surface area contributed by atoms with Crippen LogP contribution in [0.2, 0.25) is 0 Å². The lowest BCUT2D eigenvalue weighted by molar-refractivity contribution is -0.152. The monoisotopic (exact) mass is 212 g/mol. The van der Waals surface area contributed by atoms with Crippen LogP contribution < -0.4 is 5.32 Å². The number of esters is 1. The molecule has 0 fully saturated rings. The third kappa shape index (κ3) is 2.55. The lowest BCUT2D eigenvalue weighted by Gasteiger charge is -2.01. The van der Waals surface area contributed by atoms with E-state index in [0.717, 1.165) is 0 Å². The van der Waals surface area contributed by atoms with Crippen molar-refractivity contribution in [2.45, 2.75) is 20.8 Å². The molecule has 0 unspecified atom stereocenters. The number of carbonyl (C=O) groups is 2. The van der Waals surface area contributed by atoms with Gasteiger partial charge in [-0.05, 0) is 20.8 Å². The van der Waals surface area contributed by atoms with Crippen LogP contribution in [-0.4, -0.2) is 23.6 Å². The van der Waals surface area contributed by atoms with Crippen LogP contribution >= 0.6 is 0 Å². The topological polar surface area (TPSA) is 81.4 Å². The molecule has 82 valence electrons. The third-order valence-corrected chi connectivity index (χ3v) is 1.85. The fourth-order valence-corrected chi connectivity index (χ4v) is 0.883. The molecule has 0 aliphatic rings. The third-order valence-electron chi connectivity index (χ3n) is 1.85. The molecule has 0 atom stereocenters. The Balaban J connectivity index is 2.66. The highest BCUT2D eigenvalue weighted by Crippen LogP contribution is 2.16. The molecule has 1 rings (SSSR count). The van der Waals surface area contributed by atoms with Crippen molar-refractivity contribution in [3.8, 4) is 0 Å². The zero-order valence-electron chi connectivity index (χ0n) is 8.79. The van der Waals surface area contributed by atoms with E-state index in [1.165, 1.54) is 0 Å². The number of hydrogen-bond donors (Lipinski definition) is 1. The molecule has 0 saturated carbocycles. The van der Waals surface area contributed by atoms with Crippen LogP contribution in [0.3, 0.4) is 0 Å².